The van der Waals surface area contributed by atoms with Crippen LogP contribution in [0.2, 0.25) is 0 Å². The number of nitrogens with one attached hydrogen (secondary N) is 1. The van der Waals surface area contributed by atoms with Crippen LogP contribution in [0.1, 0.15) is 37.3 Å². The minimum absolute atomic E-state index is 0.161. The molecule has 1 N–H and O–H groups in total. The lowest BCUT2D eigenvalue weighted by Gasteiger charge is -2.18. The average Bonchev–Trinajstić information content (AvgIpc) is 2.57. The summed E-state index contributed by atoms with van der Waals surface area (Å²) in [6.45, 7) is 0. The van der Waals surface area contributed by atoms with Crippen molar-refractivity contribution in [2.75, 3.05) is 0 Å². The lowest BCUT2D eigenvalue weighted by Crippen LogP contribution is -2.17. The molecule has 1 fully saturated rings. The van der Waals surface area contributed by atoms with Gasteiger partial charge in [0.15, 0.2) is 0 Å². The minimum Gasteiger partial charge on any atom is -0.364 e. The Morgan fingerprint density at radius 1 is 1.42 bits per heavy atom. The number of aromatic nitrogens is 1. The van der Waals surface area contributed by atoms with Crippen molar-refractivity contribution in [1.29, 1.82) is 0 Å². The molecule has 1 saturated carbocycles. The van der Waals surface area contributed by atoms with Crippen LogP contribution in [0.15, 0.2) is 18.3 Å². The van der Waals surface area contributed by atoms with Crippen LogP contribution >= 0.6 is 0 Å². The summed E-state index contributed by atoms with van der Waals surface area (Å²) in [5.41, 5.74) is 1.10. The molecule has 1 aromatic heterocycles. The van der Waals surface area contributed by atoms with Gasteiger partial charge in [0.1, 0.15) is 5.78 Å². The predicted octanol–water partition coefficient (Wildman–Crippen LogP) is 2.24. The summed E-state index contributed by atoms with van der Waals surface area (Å²) in [5, 5.41) is 0. The number of ketones is 1. The number of hydrogen-bond donors (Lipinski definition) is 1. The fraction of sp³-hybridized carbons (Fsp3) is 0.500. The number of carbonyl (C=O) groups is 1. The molecule has 1 unspecified atom stereocenters. The molecule has 1 aliphatic rings. The van der Waals surface area contributed by atoms with Crippen molar-refractivity contribution in [2.24, 2.45) is 0 Å². The first-order chi connectivity index (χ1) is 5.88. The van der Waals surface area contributed by atoms with E-state index in [9.17, 15) is 4.79 Å². The van der Waals surface area contributed by atoms with Crippen molar-refractivity contribution < 1.29 is 4.79 Å². The van der Waals surface area contributed by atoms with Gasteiger partial charge in [-0.15, -0.1) is 0 Å². The summed E-state index contributed by atoms with van der Waals surface area (Å²) >= 11 is 0. The Balaban J connectivity index is 2.17. The molecule has 1 aromatic rings. The molecule has 2 heteroatoms. The van der Waals surface area contributed by atoms with Crippen LogP contribution < -0.4 is 0 Å². The zero-order valence-corrected chi connectivity index (χ0v) is 7.05. The zero-order chi connectivity index (χ0) is 8.39. The largest absolute Gasteiger partial charge is 0.364 e. The van der Waals surface area contributed by atoms with Crippen molar-refractivity contribution in [1.82, 2.24) is 4.98 Å². The van der Waals surface area contributed by atoms with Crippen molar-refractivity contribution in [2.45, 2.75) is 31.6 Å². The van der Waals surface area contributed by atoms with Gasteiger partial charge in [-0.05, 0) is 25.0 Å². The van der Waals surface area contributed by atoms with Gasteiger partial charge in [-0.1, -0.05) is 6.42 Å². The SMILES string of the molecule is O=C1CCCCC1c1ccc[nH]1. The number of aromatic amines is 1. The summed E-state index contributed by atoms with van der Waals surface area (Å²) in [6, 6.07) is 3.96. The van der Waals surface area contributed by atoms with E-state index in [-0.39, 0.29) is 5.92 Å². The summed E-state index contributed by atoms with van der Waals surface area (Å²) in [5.74, 6) is 0.567. The molecular weight excluding hydrogens is 150 g/mol. The van der Waals surface area contributed by atoms with Crippen LogP contribution in [-0.2, 0) is 4.79 Å². The van der Waals surface area contributed by atoms with Crippen LogP contribution in [0.5, 0.6) is 0 Å². The maximum atomic E-state index is 11.5. The highest BCUT2D eigenvalue weighted by atomic mass is 16.1. The summed E-state index contributed by atoms with van der Waals surface area (Å²) in [6.07, 6.45) is 5.95. The van der Waals surface area contributed by atoms with Crippen molar-refractivity contribution in [3.8, 4) is 0 Å². The first-order valence-electron chi connectivity index (χ1n) is 4.54. The van der Waals surface area contributed by atoms with Crippen LogP contribution in [-0.4, -0.2) is 10.8 Å². The van der Waals surface area contributed by atoms with Gasteiger partial charge in [-0.2, -0.15) is 0 Å². The average molecular weight is 163 g/mol. The Morgan fingerprint density at radius 3 is 3.00 bits per heavy atom. The Labute approximate surface area is 72.0 Å². The van der Waals surface area contributed by atoms with Crippen molar-refractivity contribution in [3.63, 3.8) is 0 Å². The highest BCUT2D eigenvalue weighted by Crippen LogP contribution is 2.28. The van der Waals surface area contributed by atoms with Crippen molar-refractivity contribution >= 4 is 5.78 Å². The van der Waals surface area contributed by atoms with E-state index in [0.29, 0.717) is 5.78 Å². The quantitative estimate of drug-likeness (QED) is 0.676. The molecule has 0 bridgehead atoms. The maximum absolute atomic E-state index is 11.5. The second-order valence-corrected chi connectivity index (χ2v) is 3.39. The maximum Gasteiger partial charge on any atom is 0.141 e. The number of carbonyl (C=O) groups excluding carboxylic acids is 1. The molecular formula is C10H13NO. The summed E-state index contributed by atoms with van der Waals surface area (Å²) < 4.78 is 0. The van der Waals surface area contributed by atoms with Gasteiger partial charge >= 0.3 is 0 Å². The van der Waals surface area contributed by atoms with Crippen LogP contribution in [0.4, 0.5) is 0 Å². The molecule has 1 atom stereocenters. The number of rotatable bonds is 1. The Kier molecular flexibility index (Phi) is 1.98. The molecule has 1 aliphatic carbocycles. The third kappa shape index (κ3) is 1.29. The van der Waals surface area contributed by atoms with Gasteiger partial charge in [0, 0.05) is 18.3 Å². The molecule has 0 amide bonds. The van der Waals surface area contributed by atoms with E-state index in [4.69, 9.17) is 0 Å². The van der Waals surface area contributed by atoms with Gasteiger partial charge in [-0.25, -0.2) is 0 Å². The molecule has 64 valence electrons. The van der Waals surface area contributed by atoms with E-state index in [1.807, 2.05) is 18.3 Å². The number of Topliss-reactive ketones (excluding diaryl/α,β-unsaturated/α-hetero) is 1. The molecule has 2 nitrogen and oxygen atoms in total. The Bertz CT molecular complexity index is 263. The third-order valence-corrected chi connectivity index (χ3v) is 2.55. The summed E-state index contributed by atoms with van der Waals surface area (Å²) in [4.78, 5) is 14.6. The first kappa shape index (κ1) is 7.59. The summed E-state index contributed by atoms with van der Waals surface area (Å²) in [7, 11) is 0. The fourth-order valence-electron chi connectivity index (χ4n) is 1.87. The monoisotopic (exact) mass is 163 g/mol. The number of hydrogen-bond acceptors (Lipinski definition) is 1. The molecule has 0 aromatic carbocycles. The van der Waals surface area contributed by atoms with Crippen LogP contribution in [0.3, 0.4) is 0 Å². The second kappa shape index (κ2) is 3.13. The third-order valence-electron chi connectivity index (χ3n) is 2.55. The van der Waals surface area contributed by atoms with Crippen LogP contribution in [0, 0.1) is 0 Å². The lowest BCUT2D eigenvalue weighted by molar-refractivity contribution is -0.121. The standard InChI is InChI=1S/C10H13NO/c12-10-6-2-1-4-8(10)9-5-3-7-11-9/h3,5,7-8,11H,1-2,4,6H2. The van der Waals surface area contributed by atoms with E-state index in [1.54, 1.807) is 0 Å². The Hall–Kier alpha value is -1.05. The van der Waals surface area contributed by atoms with E-state index in [2.05, 4.69) is 4.98 Å². The second-order valence-electron chi connectivity index (χ2n) is 3.39. The molecule has 12 heavy (non-hydrogen) atoms. The molecule has 0 aliphatic heterocycles. The highest BCUT2D eigenvalue weighted by molar-refractivity contribution is 5.85. The fourth-order valence-corrected chi connectivity index (χ4v) is 1.87. The van der Waals surface area contributed by atoms with E-state index < -0.39 is 0 Å². The molecule has 0 radical (unpaired) electrons. The first-order valence-corrected chi connectivity index (χ1v) is 4.54. The van der Waals surface area contributed by atoms with E-state index in [0.717, 1.165) is 25.0 Å². The number of H-pyrrole nitrogens is 1. The van der Waals surface area contributed by atoms with Gasteiger partial charge in [0.2, 0.25) is 0 Å². The smallest absolute Gasteiger partial charge is 0.141 e. The normalized spacial score (nSPS) is 24.3. The topological polar surface area (TPSA) is 32.9 Å². The van der Waals surface area contributed by atoms with E-state index >= 15 is 0 Å². The molecule has 0 spiro atoms. The van der Waals surface area contributed by atoms with Gasteiger partial charge in [0.25, 0.3) is 0 Å². The molecule has 2 rings (SSSR count). The van der Waals surface area contributed by atoms with Gasteiger partial charge in [-0.3, -0.25) is 4.79 Å². The van der Waals surface area contributed by atoms with E-state index in [1.165, 1.54) is 6.42 Å². The lowest BCUT2D eigenvalue weighted by atomic mass is 9.86. The zero-order valence-electron chi connectivity index (χ0n) is 7.05. The van der Waals surface area contributed by atoms with Crippen molar-refractivity contribution in [3.05, 3.63) is 24.0 Å². The highest BCUT2D eigenvalue weighted by Gasteiger charge is 2.23. The predicted molar refractivity (Wildman–Crippen MR) is 47.0 cm³/mol. The molecule has 1 heterocycles. The van der Waals surface area contributed by atoms with Gasteiger partial charge in [0.05, 0.1) is 5.92 Å². The van der Waals surface area contributed by atoms with Crippen LogP contribution in [0.25, 0.3) is 0 Å². The minimum atomic E-state index is 0.161. The van der Waals surface area contributed by atoms with Gasteiger partial charge < -0.3 is 4.98 Å². The molecule has 0 saturated heterocycles. The Morgan fingerprint density at radius 2 is 2.33 bits per heavy atom.